The summed E-state index contributed by atoms with van der Waals surface area (Å²) in [6.45, 7) is 7.14. The van der Waals surface area contributed by atoms with E-state index in [-0.39, 0.29) is 23.9 Å². The van der Waals surface area contributed by atoms with Gasteiger partial charge < -0.3 is 4.90 Å². The van der Waals surface area contributed by atoms with Gasteiger partial charge in [0.2, 0.25) is 5.91 Å². The third kappa shape index (κ3) is 4.45. The van der Waals surface area contributed by atoms with Crippen LogP contribution in [0.15, 0.2) is 30.3 Å². The fraction of sp³-hybridized carbons (Fsp3) is 0.588. The average molecular weight is 309 g/mol. The lowest BCUT2D eigenvalue weighted by molar-refractivity contribution is -0.134. The number of carbonyl (C=O) groups excluding carboxylic acids is 1. The van der Waals surface area contributed by atoms with Crippen LogP contribution in [0, 0.1) is 0 Å². The van der Waals surface area contributed by atoms with E-state index < -0.39 is 0 Å². The molecule has 3 nitrogen and oxygen atoms in total. The maximum absolute atomic E-state index is 12.1. The topological polar surface area (TPSA) is 23.6 Å². The second kappa shape index (κ2) is 7.81. The van der Waals surface area contributed by atoms with Crippen molar-refractivity contribution in [2.75, 3.05) is 19.0 Å². The quantitative estimate of drug-likeness (QED) is 0.780. The SMILES string of the molecule is CC(C)N(C(=O)CCl)[C@H]1CCCN(Cc2ccccc2)C1. The van der Waals surface area contributed by atoms with Gasteiger partial charge in [0, 0.05) is 25.2 Å². The molecule has 0 bridgehead atoms. The lowest BCUT2D eigenvalue weighted by Crippen LogP contribution is -2.53. The highest BCUT2D eigenvalue weighted by atomic mass is 35.5. The molecular weight excluding hydrogens is 284 g/mol. The molecule has 1 heterocycles. The third-order valence-electron chi connectivity index (χ3n) is 4.08. The molecule has 1 saturated heterocycles. The van der Waals surface area contributed by atoms with Gasteiger partial charge in [0.15, 0.2) is 0 Å². The monoisotopic (exact) mass is 308 g/mol. The summed E-state index contributed by atoms with van der Waals surface area (Å²) in [5, 5.41) is 0. The third-order valence-corrected chi connectivity index (χ3v) is 4.31. The van der Waals surface area contributed by atoms with Crippen molar-refractivity contribution in [3.05, 3.63) is 35.9 Å². The molecule has 0 aromatic heterocycles. The molecular formula is C17H25ClN2O. The molecule has 1 atom stereocenters. The average Bonchev–Trinajstić information content (AvgIpc) is 2.48. The number of nitrogens with zero attached hydrogens (tertiary/aromatic N) is 2. The van der Waals surface area contributed by atoms with Crippen LogP contribution in [0.2, 0.25) is 0 Å². The Balaban J connectivity index is 2.00. The zero-order valence-corrected chi connectivity index (χ0v) is 13.7. The predicted octanol–water partition coefficient (Wildman–Crippen LogP) is 3.13. The van der Waals surface area contributed by atoms with Crippen molar-refractivity contribution in [1.29, 1.82) is 0 Å². The minimum Gasteiger partial charge on any atom is -0.335 e. The number of hydrogen-bond donors (Lipinski definition) is 0. The molecule has 0 aliphatic carbocycles. The largest absolute Gasteiger partial charge is 0.335 e. The number of likely N-dealkylation sites (tertiary alicyclic amines) is 1. The maximum atomic E-state index is 12.1. The van der Waals surface area contributed by atoms with E-state index in [2.05, 4.69) is 43.0 Å². The van der Waals surface area contributed by atoms with Gasteiger partial charge in [0.25, 0.3) is 0 Å². The van der Waals surface area contributed by atoms with Crippen molar-refractivity contribution in [3.8, 4) is 0 Å². The van der Waals surface area contributed by atoms with Gasteiger partial charge in [0.1, 0.15) is 5.88 Å². The molecule has 0 saturated carbocycles. The van der Waals surface area contributed by atoms with E-state index in [1.165, 1.54) is 5.56 Å². The summed E-state index contributed by atoms with van der Waals surface area (Å²) in [6.07, 6.45) is 2.21. The van der Waals surface area contributed by atoms with Gasteiger partial charge >= 0.3 is 0 Å². The highest BCUT2D eigenvalue weighted by molar-refractivity contribution is 6.27. The van der Waals surface area contributed by atoms with Crippen LogP contribution in [0.3, 0.4) is 0 Å². The lowest BCUT2D eigenvalue weighted by Gasteiger charge is -2.41. The number of alkyl halides is 1. The molecule has 0 spiro atoms. The molecule has 0 unspecified atom stereocenters. The summed E-state index contributed by atoms with van der Waals surface area (Å²) in [6, 6.07) is 11.0. The Kier molecular flexibility index (Phi) is 6.07. The van der Waals surface area contributed by atoms with Gasteiger partial charge in [-0.15, -0.1) is 11.6 Å². The van der Waals surface area contributed by atoms with Gasteiger partial charge in [-0.3, -0.25) is 9.69 Å². The first kappa shape index (κ1) is 16.3. The number of amides is 1. The number of piperidine rings is 1. The Morgan fingerprint density at radius 2 is 2.10 bits per heavy atom. The highest BCUT2D eigenvalue weighted by Crippen LogP contribution is 2.20. The van der Waals surface area contributed by atoms with Crippen LogP contribution < -0.4 is 0 Å². The van der Waals surface area contributed by atoms with Gasteiger partial charge in [-0.05, 0) is 38.8 Å². The van der Waals surface area contributed by atoms with Crippen LogP contribution in [0.5, 0.6) is 0 Å². The second-order valence-electron chi connectivity index (χ2n) is 6.05. The van der Waals surface area contributed by atoms with Gasteiger partial charge in [-0.1, -0.05) is 30.3 Å². The fourth-order valence-corrected chi connectivity index (χ4v) is 3.36. The molecule has 4 heteroatoms. The number of rotatable bonds is 5. The van der Waals surface area contributed by atoms with Crippen LogP contribution >= 0.6 is 11.6 Å². The van der Waals surface area contributed by atoms with Gasteiger partial charge in [-0.25, -0.2) is 0 Å². The zero-order chi connectivity index (χ0) is 15.2. The van der Waals surface area contributed by atoms with Crippen LogP contribution in [0.25, 0.3) is 0 Å². The smallest absolute Gasteiger partial charge is 0.238 e. The molecule has 21 heavy (non-hydrogen) atoms. The van der Waals surface area contributed by atoms with E-state index in [1.807, 2.05) is 11.0 Å². The van der Waals surface area contributed by atoms with Crippen LogP contribution in [0.1, 0.15) is 32.3 Å². The molecule has 1 aliphatic rings. The van der Waals surface area contributed by atoms with Crippen molar-refractivity contribution in [2.45, 2.75) is 45.3 Å². The summed E-state index contributed by atoms with van der Waals surface area (Å²) in [5.74, 6) is 0.131. The molecule has 0 N–H and O–H groups in total. The fourth-order valence-electron chi connectivity index (χ4n) is 3.23. The Labute approximate surface area is 132 Å². The maximum Gasteiger partial charge on any atom is 0.238 e. The lowest BCUT2D eigenvalue weighted by atomic mass is 10.0. The Hall–Kier alpha value is -1.06. The predicted molar refractivity (Wildman–Crippen MR) is 87.4 cm³/mol. The van der Waals surface area contributed by atoms with Crippen LogP contribution in [0.4, 0.5) is 0 Å². The first-order valence-corrected chi connectivity index (χ1v) is 8.28. The van der Waals surface area contributed by atoms with E-state index >= 15 is 0 Å². The number of hydrogen-bond acceptors (Lipinski definition) is 2. The first-order valence-electron chi connectivity index (χ1n) is 7.75. The highest BCUT2D eigenvalue weighted by Gasteiger charge is 2.29. The van der Waals surface area contributed by atoms with E-state index in [0.29, 0.717) is 0 Å². The molecule has 1 aromatic carbocycles. The molecule has 2 rings (SSSR count). The molecule has 0 radical (unpaired) electrons. The summed E-state index contributed by atoms with van der Waals surface area (Å²) in [7, 11) is 0. The summed E-state index contributed by atoms with van der Waals surface area (Å²) in [5.41, 5.74) is 1.33. The summed E-state index contributed by atoms with van der Waals surface area (Å²) in [4.78, 5) is 16.5. The second-order valence-corrected chi connectivity index (χ2v) is 6.31. The van der Waals surface area contributed by atoms with Crippen LogP contribution in [-0.4, -0.2) is 46.8 Å². The Bertz CT molecular complexity index is 449. The first-order chi connectivity index (χ1) is 10.1. The van der Waals surface area contributed by atoms with Crippen molar-refractivity contribution in [3.63, 3.8) is 0 Å². The van der Waals surface area contributed by atoms with Gasteiger partial charge in [0.05, 0.1) is 0 Å². The van der Waals surface area contributed by atoms with Crippen molar-refractivity contribution in [1.82, 2.24) is 9.80 Å². The normalized spacial score (nSPS) is 19.7. The van der Waals surface area contributed by atoms with E-state index in [0.717, 1.165) is 32.5 Å². The minimum atomic E-state index is 0.0539. The standard InChI is InChI=1S/C17H25ClN2O/c1-14(2)20(17(21)11-18)16-9-6-10-19(13-16)12-15-7-4-3-5-8-15/h3-5,7-8,14,16H,6,9-13H2,1-2H3/t16-/m0/s1. The number of benzene rings is 1. The summed E-state index contributed by atoms with van der Waals surface area (Å²) >= 11 is 5.77. The molecule has 1 aliphatic heterocycles. The van der Waals surface area contributed by atoms with Gasteiger partial charge in [-0.2, -0.15) is 0 Å². The molecule has 1 aromatic rings. The van der Waals surface area contributed by atoms with Crippen molar-refractivity contribution >= 4 is 17.5 Å². The zero-order valence-electron chi connectivity index (χ0n) is 13.0. The number of carbonyl (C=O) groups is 1. The van der Waals surface area contributed by atoms with E-state index in [1.54, 1.807) is 0 Å². The van der Waals surface area contributed by atoms with E-state index in [9.17, 15) is 4.79 Å². The summed E-state index contributed by atoms with van der Waals surface area (Å²) < 4.78 is 0. The Morgan fingerprint density at radius 3 is 2.71 bits per heavy atom. The van der Waals surface area contributed by atoms with E-state index in [4.69, 9.17) is 11.6 Å². The Morgan fingerprint density at radius 1 is 1.38 bits per heavy atom. The van der Waals surface area contributed by atoms with Crippen molar-refractivity contribution < 1.29 is 4.79 Å². The van der Waals surface area contributed by atoms with Crippen molar-refractivity contribution in [2.24, 2.45) is 0 Å². The minimum absolute atomic E-state index is 0.0539. The van der Waals surface area contributed by atoms with Crippen LogP contribution in [-0.2, 0) is 11.3 Å². The molecule has 1 amide bonds. The number of halogens is 1. The molecule has 116 valence electrons. The molecule has 1 fully saturated rings.